The van der Waals surface area contributed by atoms with Crippen LogP contribution in [0.15, 0.2) is 30.3 Å². The molecular weight excluding hydrogens is 218 g/mol. The fourth-order valence-corrected chi connectivity index (χ4v) is 1.24. The highest BCUT2D eigenvalue weighted by Crippen LogP contribution is 2.13. The summed E-state index contributed by atoms with van der Waals surface area (Å²) in [5.74, 6) is -0.133. The van der Waals surface area contributed by atoms with Gasteiger partial charge in [-0.25, -0.2) is 4.79 Å². The van der Waals surface area contributed by atoms with E-state index in [0.29, 0.717) is 0 Å². The number of ketones is 1. The molecule has 17 heavy (non-hydrogen) atoms. The van der Waals surface area contributed by atoms with Crippen molar-refractivity contribution in [3.8, 4) is 0 Å². The molecule has 1 aromatic carbocycles. The lowest BCUT2D eigenvalue weighted by Crippen LogP contribution is -2.32. The molecule has 1 N–H and O–H groups in total. The largest absolute Gasteiger partial charge is 0.453 e. The van der Waals surface area contributed by atoms with Gasteiger partial charge in [-0.1, -0.05) is 44.2 Å². The third-order valence-electron chi connectivity index (χ3n) is 1.99. The summed E-state index contributed by atoms with van der Waals surface area (Å²) in [4.78, 5) is 22.3. The van der Waals surface area contributed by atoms with Crippen LogP contribution in [0.25, 0.3) is 0 Å². The van der Waals surface area contributed by atoms with Crippen molar-refractivity contribution in [1.82, 2.24) is 5.32 Å². The minimum atomic E-state index is -0.640. The van der Waals surface area contributed by atoms with Crippen molar-refractivity contribution < 1.29 is 14.3 Å². The molecule has 0 aliphatic rings. The molecule has 94 valence electrons. The second-order valence-corrected chi connectivity index (χ2v) is 3.09. The Morgan fingerprint density at radius 3 is 2.12 bits per heavy atom. The lowest BCUT2D eigenvalue weighted by Gasteiger charge is -2.14. The van der Waals surface area contributed by atoms with Gasteiger partial charge in [-0.15, -0.1) is 0 Å². The van der Waals surface area contributed by atoms with Crippen LogP contribution in [0.5, 0.6) is 0 Å². The van der Waals surface area contributed by atoms with E-state index in [1.165, 1.54) is 14.0 Å². The minimum absolute atomic E-state index is 0.133. The summed E-state index contributed by atoms with van der Waals surface area (Å²) in [5.41, 5.74) is 0.746. The molecule has 4 heteroatoms. The molecule has 0 aliphatic carbocycles. The highest BCUT2D eigenvalue weighted by Gasteiger charge is 2.18. The Morgan fingerprint density at radius 1 is 1.18 bits per heavy atom. The molecule has 1 aromatic rings. The molecule has 0 fully saturated rings. The topological polar surface area (TPSA) is 55.4 Å². The number of hydrogen-bond acceptors (Lipinski definition) is 3. The molecule has 0 saturated heterocycles. The zero-order chi connectivity index (χ0) is 13.3. The molecule has 0 radical (unpaired) electrons. The first kappa shape index (κ1) is 15.2. The summed E-state index contributed by atoms with van der Waals surface area (Å²) in [6.07, 6.45) is -0.612. The Morgan fingerprint density at radius 2 is 1.71 bits per heavy atom. The fourth-order valence-electron chi connectivity index (χ4n) is 1.24. The maximum Gasteiger partial charge on any atom is 0.407 e. The van der Waals surface area contributed by atoms with Crippen LogP contribution in [0.4, 0.5) is 4.79 Å². The molecule has 0 spiro atoms. The predicted octanol–water partition coefficient (Wildman–Crippen LogP) is 2.70. The van der Waals surface area contributed by atoms with Gasteiger partial charge in [0.05, 0.1) is 7.11 Å². The van der Waals surface area contributed by atoms with E-state index in [0.717, 1.165) is 5.56 Å². The molecule has 0 saturated carbocycles. The standard InChI is InChI=1S/C11H13NO3.C2H6/c1-8(13)10(12-11(14)15-2)9-6-4-3-5-7-9;1-2/h3-7,10H,1-2H3,(H,12,14);1-2H3. The number of amides is 1. The van der Waals surface area contributed by atoms with Gasteiger partial charge in [-0.05, 0) is 12.5 Å². The third-order valence-corrected chi connectivity index (χ3v) is 1.99. The first-order valence-corrected chi connectivity index (χ1v) is 5.55. The molecule has 1 rings (SSSR count). The van der Waals surface area contributed by atoms with E-state index >= 15 is 0 Å². The van der Waals surface area contributed by atoms with Crippen molar-refractivity contribution in [2.75, 3.05) is 7.11 Å². The van der Waals surface area contributed by atoms with Crippen LogP contribution in [-0.4, -0.2) is 19.0 Å². The Kier molecular flexibility index (Phi) is 7.43. The van der Waals surface area contributed by atoms with Crippen molar-refractivity contribution in [2.45, 2.75) is 26.8 Å². The smallest absolute Gasteiger partial charge is 0.407 e. The Balaban J connectivity index is 0.00000121. The van der Waals surface area contributed by atoms with Crippen molar-refractivity contribution in [2.24, 2.45) is 0 Å². The van der Waals surface area contributed by atoms with E-state index in [2.05, 4.69) is 10.1 Å². The number of methoxy groups -OCH3 is 1. The highest BCUT2D eigenvalue weighted by molar-refractivity contribution is 5.86. The number of carbonyl (C=O) groups is 2. The van der Waals surface area contributed by atoms with Crippen LogP contribution in [0.3, 0.4) is 0 Å². The zero-order valence-corrected chi connectivity index (χ0v) is 10.7. The molecule has 1 unspecified atom stereocenters. The van der Waals surface area contributed by atoms with Gasteiger partial charge in [0.15, 0.2) is 5.78 Å². The molecule has 4 nitrogen and oxygen atoms in total. The van der Waals surface area contributed by atoms with Gasteiger partial charge in [0.2, 0.25) is 0 Å². The van der Waals surface area contributed by atoms with E-state index in [9.17, 15) is 9.59 Å². The Hall–Kier alpha value is -1.84. The number of Topliss-reactive ketones (excluding diaryl/α,β-unsaturated/α-hetero) is 1. The van der Waals surface area contributed by atoms with Gasteiger partial charge in [-0.3, -0.25) is 4.79 Å². The van der Waals surface area contributed by atoms with Crippen LogP contribution < -0.4 is 5.32 Å². The normalized spacial score (nSPS) is 10.6. The number of nitrogens with one attached hydrogen (secondary N) is 1. The Labute approximate surface area is 102 Å². The molecule has 1 amide bonds. The number of carbonyl (C=O) groups excluding carboxylic acids is 2. The zero-order valence-electron chi connectivity index (χ0n) is 10.7. The van der Waals surface area contributed by atoms with E-state index in [4.69, 9.17) is 0 Å². The van der Waals surface area contributed by atoms with Gasteiger partial charge in [0.25, 0.3) is 0 Å². The minimum Gasteiger partial charge on any atom is -0.453 e. The second kappa shape index (κ2) is 8.33. The van der Waals surface area contributed by atoms with Gasteiger partial charge in [0.1, 0.15) is 6.04 Å². The van der Waals surface area contributed by atoms with Crippen LogP contribution >= 0.6 is 0 Å². The Bertz CT molecular complexity index is 349. The summed E-state index contributed by atoms with van der Waals surface area (Å²) < 4.78 is 4.45. The summed E-state index contributed by atoms with van der Waals surface area (Å²) in [6, 6.07) is 8.38. The fraction of sp³-hybridized carbons (Fsp3) is 0.385. The monoisotopic (exact) mass is 237 g/mol. The number of hydrogen-bond donors (Lipinski definition) is 1. The molecule has 0 aliphatic heterocycles. The van der Waals surface area contributed by atoms with Crippen molar-refractivity contribution in [3.05, 3.63) is 35.9 Å². The van der Waals surface area contributed by atoms with Crippen LogP contribution in [0.2, 0.25) is 0 Å². The average molecular weight is 237 g/mol. The third kappa shape index (κ3) is 5.15. The van der Waals surface area contributed by atoms with Gasteiger partial charge < -0.3 is 10.1 Å². The molecule has 0 heterocycles. The molecule has 0 bridgehead atoms. The SMILES string of the molecule is CC.COC(=O)NC(C(C)=O)c1ccccc1. The van der Waals surface area contributed by atoms with Gasteiger partial charge in [-0.2, -0.15) is 0 Å². The second-order valence-electron chi connectivity index (χ2n) is 3.09. The maximum absolute atomic E-state index is 11.3. The van der Waals surface area contributed by atoms with Crippen LogP contribution in [-0.2, 0) is 9.53 Å². The van der Waals surface area contributed by atoms with E-state index < -0.39 is 12.1 Å². The first-order chi connectivity index (χ1) is 8.15. The van der Waals surface area contributed by atoms with Crippen LogP contribution in [0, 0.1) is 0 Å². The lowest BCUT2D eigenvalue weighted by molar-refractivity contribution is -0.119. The quantitative estimate of drug-likeness (QED) is 0.879. The number of alkyl carbamates (subject to hydrolysis) is 1. The van der Waals surface area contributed by atoms with E-state index in [1.807, 2.05) is 32.0 Å². The van der Waals surface area contributed by atoms with Crippen molar-refractivity contribution in [3.63, 3.8) is 0 Å². The molecule has 0 aromatic heterocycles. The van der Waals surface area contributed by atoms with Crippen molar-refractivity contribution in [1.29, 1.82) is 0 Å². The predicted molar refractivity (Wildman–Crippen MR) is 66.8 cm³/mol. The van der Waals surface area contributed by atoms with E-state index in [1.54, 1.807) is 12.1 Å². The average Bonchev–Trinajstić information content (AvgIpc) is 2.38. The highest BCUT2D eigenvalue weighted by atomic mass is 16.5. The summed E-state index contributed by atoms with van der Waals surface area (Å²) in [6.45, 7) is 5.42. The van der Waals surface area contributed by atoms with Crippen LogP contribution in [0.1, 0.15) is 32.4 Å². The first-order valence-electron chi connectivity index (χ1n) is 5.55. The maximum atomic E-state index is 11.3. The van der Waals surface area contributed by atoms with Crippen molar-refractivity contribution >= 4 is 11.9 Å². The molecular formula is C13H19NO3. The summed E-state index contributed by atoms with van der Waals surface area (Å²) in [7, 11) is 1.26. The van der Waals surface area contributed by atoms with Gasteiger partial charge in [0, 0.05) is 0 Å². The van der Waals surface area contributed by atoms with E-state index in [-0.39, 0.29) is 5.78 Å². The number of rotatable bonds is 3. The summed E-state index contributed by atoms with van der Waals surface area (Å²) in [5, 5.41) is 2.47. The number of ether oxygens (including phenoxy) is 1. The number of benzene rings is 1. The van der Waals surface area contributed by atoms with Gasteiger partial charge >= 0.3 is 6.09 Å². The summed E-state index contributed by atoms with van der Waals surface area (Å²) >= 11 is 0. The lowest BCUT2D eigenvalue weighted by atomic mass is 10.0. The molecule has 1 atom stereocenters.